The first kappa shape index (κ1) is 22.0. The van der Waals surface area contributed by atoms with E-state index in [4.69, 9.17) is 0 Å². The molecule has 2 aromatic rings. The van der Waals surface area contributed by atoms with Crippen LogP contribution in [0.2, 0.25) is 0 Å². The zero-order valence-electron chi connectivity index (χ0n) is 18.4. The maximum Gasteiger partial charge on any atom is 0.222 e. The summed E-state index contributed by atoms with van der Waals surface area (Å²) in [6, 6.07) is 11.8. The van der Waals surface area contributed by atoms with Gasteiger partial charge in [-0.2, -0.15) is 0 Å². The number of aliphatic imine (C=N–C) groups is 1. The number of nitrogens with zero attached hydrogens (tertiary/aromatic N) is 4. The highest BCUT2D eigenvalue weighted by Crippen LogP contribution is 2.22. The molecule has 0 saturated carbocycles. The summed E-state index contributed by atoms with van der Waals surface area (Å²) in [5, 5.41) is 3.39. The molecule has 2 heterocycles. The first-order valence-electron chi connectivity index (χ1n) is 11.0. The molecule has 1 N–H and O–H groups in total. The first-order chi connectivity index (χ1) is 15.5. The lowest BCUT2D eigenvalue weighted by molar-refractivity contribution is -0.128. The van der Waals surface area contributed by atoms with Crippen LogP contribution in [-0.4, -0.2) is 61.4 Å². The molecule has 0 spiro atoms. The van der Waals surface area contributed by atoms with Gasteiger partial charge in [-0.25, -0.2) is 8.78 Å². The maximum atomic E-state index is 14.1. The fourth-order valence-corrected chi connectivity index (χ4v) is 4.25. The average Bonchev–Trinajstić information content (AvgIpc) is 3.21. The van der Waals surface area contributed by atoms with Crippen molar-refractivity contribution in [1.29, 1.82) is 0 Å². The van der Waals surface area contributed by atoms with E-state index in [1.807, 2.05) is 9.80 Å². The van der Waals surface area contributed by atoms with Crippen molar-refractivity contribution in [2.24, 2.45) is 4.99 Å². The summed E-state index contributed by atoms with van der Waals surface area (Å²) >= 11 is 0. The molecule has 2 aliphatic heterocycles. The third kappa shape index (κ3) is 5.18. The van der Waals surface area contributed by atoms with E-state index in [0.717, 1.165) is 36.1 Å². The van der Waals surface area contributed by atoms with Gasteiger partial charge in [0.1, 0.15) is 11.6 Å². The van der Waals surface area contributed by atoms with E-state index in [0.29, 0.717) is 51.4 Å². The maximum absolute atomic E-state index is 14.1. The van der Waals surface area contributed by atoms with Crippen molar-refractivity contribution in [3.63, 3.8) is 0 Å². The second kappa shape index (κ2) is 9.97. The molecule has 2 fully saturated rings. The number of likely N-dealkylation sites (tertiary alicyclic amines) is 1. The van der Waals surface area contributed by atoms with Crippen molar-refractivity contribution < 1.29 is 13.6 Å². The predicted octanol–water partition coefficient (Wildman–Crippen LogP) is 2.98. The van der Waals surface area contributed by atoms with Gasteiger partial charge in [-0.3, -0.25) is 9.79 Å². The van der Waals surface area contributed by atoms with Crippen LogP contribution in [-0.2, 0) is 17.9 Å². The Bertz CT molecular complexity index is 971. The molecule has 0 atom stereocenters. The van der Waals surface area contributed by atoms with Crippen molar-refractivity contribution in [3.8, 4) is 0 Å². The third-order valence-electron chi connectivity index (χ3n) is 6.06. The molecule has 0 aliphatic carbocycles. The Kier molecular flexibility index (Phi) is 6.87. The number of hydrogen-bond donors (Lipinski definition) is 1. The highest BCUT2D eigenvalue weighted by molar-refractivity contribution is 5.80. The molecule has 170 valence electrons. The lowest BCUT2D eigenvalue weighted by Gasteiger charge is -2.37. The number of carbonyl (C=O) groups is 1. The van der Waals surface area contributed by atoms with Gasteiger partial charge in [0.2, 0.25) is 5.91 Å². The number of piperazine rings is 1. The highest BCUT2D eigenvalue weighted by atomic mass is 19.1. The third-order valence-corrected chi connectivity index (χ3v) is 6.06. The topological polar surface area (TPSA) is 51.2 Å². The van der Waals surface area contributed by atoms with Crippen LogP contribution in [0.25, 0.3) is 0 Å². The fourth-order valence-electron chi connectivity index (χ4n) is 4.25. The van der Waals surface area contributed by atoms with E-state index in [9.17, 15) is 13.6 Å². The summed E-state index contributed by atoms with van der Waals surface area (Å²) in [6.07, 6.45) is 1.61. The fraction of sp³-hybridized carbons (Fsp3) is 0.417. The van der Waals surface area contributed by atoms with Crippen LogP contribution in [0.1, 0.15) is 24.0 Å². The number of amides is 1. The summed E-state index contributed by atoms with van der Waals surface area (Å²) < 4.78 is 27.6. The van der Waals surface area contributed by atoms with Gasteiger partial charge >= 0.3 is 0 Å². The molecular weight excluding hydrogens is 412 g/mol. The van der Waals surface area contributed by atoms with Crippen LogP contribution in [0.5, 0.6) is 0 Å². The molecule has 2 saturated heterocycles. The standard InChI is InChI=1S/C24H29F2N5O/c1-27-24(30-13-11-29(12-14-30)22-15-20(25)8-9-21(22)26)28-16-18-4-6-19(7-5-18)17-31-10-2-3-23(31)32/h4-9,15H,2-3,10-14,16-17H2,1H3,(H,27,28). The quantitative estimate of drug-likeness (QED) is 0.573. The smallest absolute Gasteiger partial charge is 0.222 e. The minimum absolute atomic E-state index is 0.236. The van der Waals surface area contributed by atoms with E-state index in [-0.39, 0.29) is 5.91 Å². The molecule has 2 aromatic carbocycles. The lowest BCUT2D eigenvalue weighted by Crippen LogP contribution is -2.52. The van der Waals surface area contributed by atoms with Crippen LogP contribution in [0.15, 0.2) is 47.5 Å². The van der Waals surface area contributed by atoms with Gasteiger partial charge in [0.05, 0.1) is 5.69 Å². The Morgan fingerprint density at radius 1 is 1.00 bits per heavy atom. The molecule has 32 heavy (non-hydrogen) atoms. The molecule has 1 amide bonds. The van der Waals surface area contributed by atoms with E-state index in [1.54, 1.807) is 7.05 Å². The van der Waals surface area contributed by atoms with Crippen molar-refractivity contribution in [2.45, 2.75) is 25.9 Å². The number of rotatable bonds is 5. The summed E-state index contributed by atoms with van der Waals surface area (Å²) in [7, 11) is 1.75. The number of guanidine groups is 1. The zero-order valence-corrected chi connectivity index (χ0v) is 18.4. The van der Waals surface area contributed by atoms with Crippen molar-refractivity contribution in [3.05, 3.63) is 65.2 Å². The highest BCUT2D eigenvalue weighted by Gasteiger charge is 2.22. The van der Waals surface area contributed by atoms with Crippen molar-refractivity contribution in [2.75, 3.05) is 44.7 Å². The largest absolute Gasteiger partial charge is 0.366 e. The summed E-state index contributed by atoms with van der Waals surface area (Å²) in [6.45, 7) is 4.66. The first-order valence-corrected chi connectivity index (χ1v) is 11.0. The molecule has 2 aliphatic rings. The second-order valence-corrected chi connectivity index (χ2v) is 8.21. The molecule has 0 aromatic heterocycles. The van der Waals surface area contributed by atoms with E-state index < -0.39 is 11.6 Å². The summed E-state index contributed by atoms with van der Waals surface area (Å²) in [4.78, 5) is 22.1. The van der Waals surface area contributed by atoms with Gasteiger partial charge in [0.15, 0.2) is 5.96 Å². The Balaban J connectivity index is 1.28. The van der Waals surface area contributed by atoms with Gasteiger partial charge in [-0.05, 0) is 29.7 Å². The van der Waals surface area contributed by atoms with Crippen LogP contribution in [0, 0.1) is 11.6 Å². The normalized spacial score (nSPS) is 17.3. The monoisotopic (exact) mass is 441 g/mol. The molecule has 6 nitrogen and oxygen atoms in total. The molecule has 8 heteroatoms. The Morgan fingerprint density at radius 2 is 1.72 bits per heavy atom. The number of anilines is 1. The lowest BCUT2D eigenvalue weighted by atomic mass is 10.1. The summed E-state index contributed by atoms with van der Waals surface area (Å²) in [5.41, 5.74) is 2.57. The minimum Gasteiger partial charge on any atom is -0.366 e. The molecule has 0 radical (unpaired) electrons. The molecule has 4 rings (SSSR count). The zero-order chi connectivity index (χ0) is 22.5. The van der Waals surface area contributed by atoms with Crippen LogP contribution < -0.4 is 10.2 Å². The molecule has 0 bridgehead atoms. The average molecular weight is 442 g/mol. The van der Waals surface area contributed by atoms with E-state index in [1.165, 1.54) is 12.1 Å². The number of benzene rings is 2. The predicted molar refractivity (Wildman–Crippen MR) is 121 cm³/mol. The van der Waals surface area contributed by atoms with Gasteiger partial charge in [0.25, 0.3) is 0 Å². The van der Waals surface area contributed by atoms with Gasteiger partial charge in [-0.15, -0.1) is 0 Å². The molecular formula is C24H29F2N5O. The van der Waals surface area contributed by atoms with E-state index in [2.05, 4.69) is 39.5 Å². The Morgan fingerprint density at radius 3 is 2.38 bits per heavy atom. The summed E-state index contributed by atoms with van der Waals surface area (Å²) in [5.74, 6) is 0.190. The second-order valence-electron chi connectivity index (χ2n) is 8.21. The van der Waals surface area contributed by atoms with E-state index >= 15 is 0 Å². The number of nitrogens with one attached hydrogen (secondary N) is 1. The number of carbonyl (C=O) groups excluding carboxylic acids is 1. The van der Waals surface area contributed by atoms with Crippen LogP contribution in [0.3, 0.4) is 0 Å². The number of halogens is 2. The number of hydrogen-bond acceptors (Lipinski definition) is 3. The van der Waals surface area contributed by atoms with Gasteiger partial charge < -0.3 is 20.0 Å². The molecule has 0 unspecified atom stereocenters. The SMILES string of the molecule is CN=C(NCc1ccc(CN2CCCC2=O)cc1)N1CCN(c2cc(F)ccc2F)CC1. The Labute approximate surface area is 187 Å². The van der Waals surface area contributed by atoms with Crippen LogP contribution >= 0.6 is 0 Å². The minimum atomic E-state index is -0.431. The van der Waals surface area contributed by atoms with Crippen LogP contribution in [0.4, 0.5) is 14.5 Å². The van der Waals surface area contributed by atoms with Crippen molar-refractivity contribution in [1.82, 2.24) is 15.1 Å². The van der Waals surface area contributed by atoms with Crippen molar-refractivity contribution >= 4 is 17.6 Å². The van der Waals surface area contributed by atoms with Gasteiger partial charge in [0, 0.05) is 65.3 Å². The Hall–Kier alpha value is -3.16. The van der Waals surface area contributed by atoms with Gasteiger partial charge in [-0.1, -0.05) is 24.3 Å².